The number of hydrogen-bond donors (Lipinski definition) is 2. The third kappa shape index (κ3) is 4.80. The molecule has 0 bridgehead atoms. The van der Waals surface area contributed by atoms with E-state index in [1.165, 1.54) is 18.2 Å². The number of ether oxygens (including phenoxy) is 1. The highest BCUT2D eigenvalue weighted by atomic mass is 19.1. The van der Waals surface area contributed by atoms with E-state index >= 15 is 0 Å². The van der Waals surface area contributed by atoms with Crippen LogP contribution in [0.5, 0.6) is 0 Å². The Bertz CT molecular complexity index is 523. The van der Waals surface area contributed by atoms with Gasteiger partial charge in [0.25, 0.3) is 0 Å². The van der Waals surface area contributed by atoms with Crippen LogP contribution in [-0.2, 0) is 14.3 Å². The fourth-order valence-corrected chi connectivity index (χ4v) is 2.10. The number of morpholine rings is 1. The van der Waals surface area contributed by atoms with Gasteiger partial charge in [-0.15, -0.1) is 0 Å². The predicted molar refractivity (Wildman–Crippen MR) is 73.5 cm³/mol. The van der Waals surface area contributed by atoms with Crippen molar-refractivity contribution in [1.29, 1.82) is 0 Å². The summed E-state index contributed by atoms with van der Waals surface area (Å²) in [5.41, 5.74) is 0.408. The van der Waals surface area contributed by atoms with E-state index in [0.29, 0.717) is 25.4 Å². The average Bonchev–Trinajstić information content (AvgIpc) is 2.45. The van der Waals surface area contributed by atoms with Crippen molar-refractivity contribution < 1.29 is 23.8 Å². The van der Waals surface area contributed by atoms with E-state index in [1.807, 2.05) is 4.90 Å². The molecule has 1 aromatic carbocycles. The van der Waals surface area contributed by atoms with E-state index in [-0.39, 0.29) is 18.9 Å². The zero-order valence-corrected chi connectivity index (χ0v) is 11.4. The van der Waals surface area contributed by atoms with E-state index in [0.717, 1.165) is 0 Å². The molecule has 1 aromatic rings. The van der Waals surface area contributed by atoms with Crippen LogP contribution in [0.2, 0.25) is 0 Å². The summed E-state index contributed by atoms with van der Waals surface area (Å²) >= 11 is 0. The molecule has 114 valence electrons. The van der Waals surface area contributed by atoms with Crippen LogP contribution in [0.1, 0.15) is 6.42 Å². The van der Waals surface area contributed by atoms with Gasteiger partial charge in [0, 0.05) is 31.7 Å². The monoisotopic (exact) mass is 296 g/mol. The first-order chi connectivity index (χ1) is 10.0. The summed E-state index contributed by atoms with van der Waals surface area (Å²) in [6.45, 7) is 1.64. The molecule has 1 amide bonds. The number of nitrogens with zero attached hydrogens (tertiary/aromatic N) is 1. The lowest BCUT2D eigenvalue weighted by atomic mass is 10.2. The number of amides is 1. The second-order valence-electron chi connectivity index (χ2n) is 4.81. The first-order valence-electron chi connectivity index (χ1n) is 6.67. The van der Waals surface area contributed by atoms with Gasteiger partial charge in [0.05, 0.1) is 6.61 Å². The molecule has 0 saturated carbocycles. The molecule has 7 heteroatoms. The van der Waals surface area contributed by atoms with Crippen LogP contribution < -0.4 is 5.32 Å². The zero-order chi connectivity index (χ0) is 15.2. The number of rotatable bonds is 5. The number of aliphatic carboxylic acids is 1. The van der Waals surface area contributed by atoms with Crippen LogP contribution in [0.15, 0.2) is 24.3 Å². The minimum absolute atomic E-state index is 0.211. The van der Waals surface area contributed by atoms with Crippen molar-refractivity contribution in [3.63, 3.8) is 0 Å². The van der Waals surface area contributed by atoms with Gasteiger partial charge < -0.3 is 15.2 Å². The smallest absolute Gasteiger partial charge is 0.334 e. The standard InChI is InChI=1S/C14H17FN2O4/c15-10-2-1-3-11(8-10)16-13(18)4-5-17-6-7-21-12(9-17)14(19)20/h1-3,8,12H,4-7,9H2,(H,16,18)(H,19,20). The van der Waals surface area contributed by atoms with Gasteiger partial charge in [-0.05, 0) is 18.2 Å². The third-order valence-corrected chi connectivity index (χ3v) is 3.19. The Balaban J connectivity index is 1.77. The largest absolute Gasteiger partial charge is 0.479 e. The maximum Gasteiger partial charge on any atom is 0.334 e. The second-order valence-corrected chi connectivity index (χ2v) is 4.81. The van der Waals surface area contributed by atoms with E-state index < -0.39 is 17.9 Å². The normalized spacial score (nSPS) is 19.2. The zero-order valence-electron chi connectivity index (χ0n) is 11.4. The highest BCUT2D eigenvalue weighted by Crippen LogP contribution is 2.10. The van der Waals surface area contributed by atoms with E-state index in [1.54, 1.807) is 6.07 Å². The van der Waals surface area contributed by atoms with Crippen LogP contribution in [0.25, 0.3) is 0 Å². The quantitative estimate of drug-likeness (QED) is 0.845. The number of anilines is 1. The molecule has 1 unspecified atom stereocenters. The summed E-state index contributed by atoms with van der Waals surface area (Å²) in [4.78, 5) is 24.5. The number of carboxylic acids is 1. The molecule has 1 saturated heterocycles. The van der Waals surface area contributed by atoms with Crippen LogP contribution in [0, 0.1) is 5.82 Å². The summed E-state index contributed by atoms with van der Waals surface area (Å²) in [5.74, 6) is -1.65. The number of nitrogens with one attached hydrogen (secondary N) is 1. The molecular formula is C14H17FN2O4. The Morgan fingerprint density at radius 2 is 2.29 bits per heavy atom. The van der Waals surface area contributed by atoms with Crippen molar-refractivity contribution >= 4 is 17.6 Å². The Morgan fingerprint density at radius 1 is 1.48 bits per heavy atom. The predicted octanol–water partition coefficient (Wildman–Crippen LogP) is 0.940. The molecule has 0 radical (unpaired) electrons. The van der Waals surface area contributed by atoms with Gasteiger partial charge in [-0.1, -0.05) is 6.07 Å². The number of hydrogen-bond acceptors (Lipinski definition) is 4. The molecule has 6 nitrogen and oxygen atoms in total. The molecule has 1 heterocycles. The van der Waals surface area contributed by atoms with E-state index in [9.17, 15) is 14.0 Å². The Hall–Kier alpha value is -1.99. The number of carboxylic acid groups (broad SMARTS) is 1. The van der Waals surface area contributed by atoms with Gasteiger partial charge in [0.15, 0.2) is 6.10 Å². The topological polar surface area (TPSA) is 78.9 Å². The summed E-state index contributed by atoms with van der Waals surface area (Å²) in [5, 5.41) is 11.5. The lowest BCUT2D eigenvalue weighted by Gasteiger charge is -2.30. The number of benzene rings is 1. The van der Waals surface area contributed by atoms with E-state index in [4.69, 9.17) is 9.84 Å². The Labute approximate surface area is 121 Å². The van der Waals surface area contributed by atoms with Gasteiger partial charge in [-0.2, -0.15) is 0 Å². The van der Waals surface area contributed by atoms with Gasteiger partial charge in [0.2, 0.25) is 5.91 Å². The second kappa shape index (κ2) is 7.14. The molecule has 1 aliphatic heterocycles. The van der Waals surface area contributed by atoms with Crippen LogP contribution in [0.3, 0.4) is 0 Å². The van der Waals surface area contributed by atoms with E-state index in [2.05, 4.69) is 5.32 Å². The minimum atomic E-state index is -0.996. The summed E-state index contributed by atoms with van der Waals surface area (Å²) in [7, 11) is 0. The molecule has 1 atom stereocenters. The molecule has 1 aliphatic rings. The first kappa shape index (κ1) is 15.4. The van der Waals surface area contributed by atoms with Crippen LogP contribution >= 0.6 is 0 Å². The number of halogens is 1. The molecule has 0 aliphatic carbocycles. The summed E-state index contributed by atoms with van der Waals surface area (Å²) in [6.07, 6.45) is -0.631. The maximum absolute atomic E-state index is 13.0. The molecule has 2 rings (SSSR count). The van der Waals surface area contributed by atoms with Gasteiger partial charge in [0.1, 0.15) is 5.82 Å². The highest BCUT2D eigenvalue weighted by Gasteiger charge is 2.26. The lowest BCUT2D eigenvalue weighted by Crippen LogP contribution is -2.46. The van der Waals surface area contributed by atoms with Gasteiger partial charge in [-0.25, -0.2) is 9.18 Å². The van der Waals surface area contributed by atoms with Gasteiger partial charge >= 0.3 is 5.97 Å². The van der Waals surface area contributed by atoms with Crippen molar-refractivity contribution in [2.75, 3.05) is 31.6 Å². The van der Waals surface area contributed by atoms with Crippen LogP contribution in [-0.4, -0.2) is 54.2 Å². The van der Waals surface area contributed by atoms with Crippen molar-refractivity contribution in [2.24, 2.45) is 0 Å². The Kier molecular flexibility index (Phi) is 5.24. The molecule has 0 spiro atoms. The van der Waals surface area contributed by atoms with Crippen molar-refractivity contribution in [1.82, 2.24) is 4.90 Å². The van der Waals surface area contributed by atoms with Crippen molar-refractivity contribution in [3.05, 3.63) is 30.1 Å². The minimum Gasteiger partial charge on any atom is -0.479 e. The third-order valence-electron chi connectivity index (χ3n) is 3.19. The fraction of sp³-hybridized carbons (Fsp3) is 0.429. The van der Waals surface area contributed by atoms with Gasteiger partial charge in [-0.3, -0.25) is 9.69 Å². The number of carbonyl (C=O) groups excluding carboxylic acids is 1. The summed E-state index contributed by atoms with van der Waals surface area (Å²) in [6, 6.07) is 5.67. The summed E-state index contributed by atoms with van der Waals surface area (Å²) < 4.78 is 18.1. The number of carbonyl (C=O) groups is 2. The first-order valence-corrected chi connectivity index (χ1v) is 6.67. The Morgan fingerprint density at radius 3 is 3.00 bits per heavy atom. The maximum atomic E-state index is 13.0. The molecule has 21 heavy (non-hydrogen) atoms. The van der Waals surface area contributed by atoms with Crippen LogP contribution in [0.4, 0.5) is 10.1 Å². The average molecular weight is 296 g/mol. The SMILES string of the molecule is O=C(CCN1CCOC(C(=O)O)C1)Nc1cccc(F)c1. The fourth-order valence-electron chi connectivity index (χ4n) is 2.10. The highest BCUT2D eigenvalue weighted by molar-refractivity contribution is 5.90. The van der Waals surface area contributed by atoms with Crippen molar-refractivity contribution in [3.8, 4) is 0 Å². The molecule has 0 aromatic heterocycles. The molecule has 1 fully saturated rings. The lowest BCUT2D eigenvalue weighted by molar-refractivity contribution is -0.156. The molecular weight excluding hydrogens is 279 g/mol. The van der Waals surface area contributed by atoms with Crippen molar-refractivity contribution in [2.45, 2.75) is 12.5 Å². The molecule has 2 N–H and O–H groups in total.